The Hall–Kier alpha value is -2.62. The quantitative estimate of drug-likeness (QED) is 0.817. The van der Waals surface area contributed by atoms with E-state index in [0.717, 1.165) is 17.4 Å². The Kier molecular flexibility index (Phi) is 3.67. The summed E-state index contributed by atoms with van der Waals surface area (Å²) in [5, 5.41) is 0. The minimum Gasteiger partial charge on any atom is -0.479 e. The lowest BCUT2D eigenvalue weighted by Gasteiger charge is -2.33. The van der Waals surface area contributed by atoms with E-state index in [0.29, 0.717) is 23.5 Å². The highest BCUT2D eigenvalue weighted by atomic mass is 16.5. The van der Waals surface area contributed by atoms with Crippen LogP contribution in [0.5, 0.6) is 5.75 Å². The third-order valence-corrected chi connectivity index (χ3v) is 3.92. The highest BCUT2D eigenvalue weighted by Gasteiger charge is 2.31. The number of nitrogens with zero attached hydrogens (tertiary/aromatic N) is 1. The van der Waals surface area contributed by atoms with Crippen LogP contribution in [0, 0.1) is 6.92 Å². The average Bonchev–Trinajstić information content (AvgIpc) is 2.53. The molecule has 4 nitrogen and oxygen atoms in total. The van der Waals surface area contributed by atoms with Crippen molar-refractivity contribution in [1.29, 1.82) is 0 Å². The number of carbonyl (C=O) groups excluding carboxylic acids is 2. The minimum absolute atomic E-state index is 0.0983. The molecule has 1 aliphatic heterocycles. The Bertz CT molecular complexity index is 739. The van der Waals surface area contributed by atoms with Crippen LogP contribution < -0.4 is 9.64 Å². The summed E-state index contributed by atoms with van der Waals surface area (Å²) < 4.78 is 5.63. The number of aryl methyl sites for hydroxylation is 1. The molecule has 0 radical (unpaired) electrons. The molecule has 2 aromatic carbocycles. The third kappa shape index (κ3) is 2.48. The largest absolute Gasteiger partial charge is 0.479 e. The lowest BCUT2D eigenvalue weighted by atomic mass is 10.1. The molecule has 22 heavy (non-hydrogen) atoms. The summed E-state index contributed by atoms with van der Waals surface area (Å²) in [6.07, 6.45) is 0.243. The molecule has 3 rings (SSSR count). The van der Waals surface area contributed by atoms with E-state index in [1.54, 1.807) is 30.0 Å². The standard InChI is InChI=1S/C18H17NO3/c1-12-5-3-4-6-15(12)10-19-16-9-14(11-20)7-8-17(16)22-13(2)18(19)21/h3-9,11,13H,10H2,1-2H3. The maximum Gasteiger partial charge on any atom is 0.268 e. The van der Waals surface area contributed by atoms with Gasteiger partial charge >= 0.3 is 0 Å². The van der Waals surface area contributed by atoms with Crippen molar-refractivity contribution in [2.45, 2.75) is 26.5 Å². The molecule has 1 heterocycles. The molecule has 0 fully saturated rings. The van der Waals surface area contributed by atoms with Gasteiger partial charge in [0.05, 0.1) is 12.2 Å². The van der Waals surface area contributed by atoms with Gasteiger partial charge < -0.3 is 9.64 Å². The number of hydrogen-bond donors (Lipinski definition) is 0. The van der Waals surface area contributed by atoms with Crippen LogP contribution in [0.2, 0.25) is 0 Å². The molecule has 0 N–H and O–H groups in total. The second-order valence-electron chi connectivity index (χ2n) is 5.46. The first-order valence-electron chi connectivity index (χ1n) is 7.22. The third-order valence-electron chi connectivity index (χ3n) is 3.92. The zero-order valence-electron chi connectivity index (χ0n) is 12.6. The van der Waals surface area contributed by atoms with Crippen molar-refractivity contribution in [1.82, 2.24) is 0 Å². The molecular weight excluding hydrogens is 278 g/mol. The van der Waals surface area contributed by atoms with Gasteiger partial charge in [-0.15, -0.1) is 0 Å². The first-order valence-corrected chi connectivity index (χ1v) is 7.22. The number of rotatable bonds is 3. The van der Waals surface area contributed by atoms with E-state index < -0.39 is 6.10 Å². The van der Waals surface area contributed by atoms with Crippen molar-refractivity contribution in [3.63, 3.8) is 0 Å². The van der Waals surface area contributed by atoms with Gasteiger partial charge in [-0.2, -0.15) is 0 Å². The number of carbonyl (C=O) groups is 2. The second-order valence-corrected chi connectivity index (χ2v) is 5.46. The maximum absolute atomic E-state index is 12.5. The number of aldehydes is 1. The summed E-state index contributed by atoms with van der Waals surface area (Å²) in [5.41, 5.74) is 3.38. The van der Waals surface area contributed by atoms with E-state index in [4.69, 9.17) is 4.74 Å². The second kappa shape index (κ2) is 5.64. The number of amides is 1. The van der Waals surface area contributed by atoms with Gasteiger partial charge in [0.25, 0.3) is 5.91 Å². The number of benzene rings is 2. The maximum atomic E-state index is 12.5. The predicted molar refractivity (Wildman–Crippen MR) is 84.3 cm³/mol. The average molecular weight is 295 g/mol. The Morgan fingerprint density at radius 1 is 1.23 bits per heavy atom. The first kappa shape index (κ1) is 14.3. The van der Waals surface area contributed by atoms with Gasteiger partial charge in [0.15, 0.2) is 6.10 Å². The summed E-state index contributed by atoms with van der Waals surface area (Å²) in [4.78, 5) is 25.2. The summed E-state index contributed by atoms with van der Waals surface area (Å²) >= 11 is 0. The predicted octanol–water partition coefficient (Wildman–Crippen LogP) is 3.12. The van der Waals surface area contributed by atoms with Gasteiger partial charge in [-0.05, 0) is 43.2 Å². The molecule has 2 aromatic rings. The Labute approximate surface area is 129 Å². The van der Waals surface area contributed by atoms with Crippen molar-refractivity contribution in [3.05, 3.63) is 59.2 Å². The molecule has 112 valence electrons. The fourth-order valence-electron chi connectivity index (χ4n) is 2.62. The lowest BCUT2D eigenvalue weighted by Crippen LogP contribution is -2.44. The van der Waals surface area contributed by atoms with Gasteiger partial charge in [0.1, 0.15) is 12.0 Å². The van der Waals surface area contributed by atoms with Crippen LogP contribution in [0.25, 0.3) is 0 Å². The van der Waals surface area contributed by atoms with Crippen molar-refractivity contribution < 1.29 is 14.3 Å². The normalized spacial score (nSPS) is 16.9. The lowest BCUT2D eigenvalue weighted by molar-refractivity contribution is -0.125. The highest BCUT2D eigenvalue weighted by Crippen LogP contribution is 2.35. The summed E-state index contributed by atoms with van der Waals surface area (Å²) in [7, 11) is 0. The summed E-state index contributed by atoms with van der Waals surface area (Å²) in [6, 6.07) is 13.1. The zero-order chi connectivity index (χ0) is 15.7. The summed E-state index contributed by atoms with van der Waals surface area (Å²) in [5.74, 6) is 0.532. The molecule has 4 heteroatoms. The van der Waals surface area contributed by atoms with Crippen LogP contribution in [-0.2, 0) is 11.3 Å². The van der Waals surface area contributed by atoms with E-state index in [1.807, 2.05) is 31.2 Å². The molecule has 0 spiro atoms. The monoisotopic (exact) mass is 295 g/mol. The molecule has 1 aliphatic rings. The highest BCUT2D eigenvalue weighted by molar-refractivity contribution is 6.00. The number of fused-ring (bicyclic) bond motifs is 1. The molecule has 0 saturated heterocycles. The molecule has 0 aliphatic carbocycles. The molecule has 0 saturated carbocycles. The molecule has 1 amide bonds. The van der Waals surface area contributed by atoms with Crippen LogP contribution in [-0.4, -0.2) is 18.3 Å². The van der Waals surface area contributed by atoms with E-state index in [-0.39, 0.29) is 5.91 Å². The topological polar surface area (TPSA) is 46.6 Å². The number of anilines is 1. The van der Waals surface area contributed by atoms with Gasteiger partial charge in [0, 0.05) is 5.56 Å². The SMILES string of the molecule is Cc1ccccc1CN1C(=O)C(C)Oc2ccc(C=O)cc21. The summed E-state index contributed by atoms with van der Waals surface area (Å²) in [6.45, 7) is 4.23. The fourth-order valence-corrected chi connectivity index (χ4v) is 2.62. The fraction of sp³-hybridized carbons (Fsp3) is 0.222. The van der Waals surface area contributed by atoms with E-state index in [2.05, 4.69) is 0 Å². The first-order chi connectivity index (χ1) is 10.6. The van der Waals surface area contributed by atoms with Gasteiger partial charge in [-0.3, -0.25) is 9.59 Å². The Balaban J connectivity index is 2.04. The van der Waals surface area contributed by atoms with E-state index in [1.165, 1.54) is 0 Å². The zero-order valence-corrected chi connectivity index (χ0v) is 12.6. The van der Waals surface area contributed by atoms with Gasteiger partial charge in [0.2, 0.25) is 0 Å². The van der Waals surface area contributed by atoms with Crippen LogP contribution in [0.1, 0.15) is 28.4 Å². The van der Waals surface area contributed by atoms with Crippen molar-refractivity contribution in [2.24, 2.45) is 0 Å². The Morgan fingerprint density at radius 2 is 2.00 bits per heavy atom. The van der Waals surface area contributed by atoms with Crippen molar-refractivity contribution >= 4 is 17.9 Å². The number of hydrogen-bond acceptors (Lipinski definition) is 3. The van der Waals surface area contributed by atoms with Crippen LogP contribution in [0.3, 0.4) is 0 Å². The van der Waals surface area contributed by atoms with Crippen molar-refractivity contribution in [3.8, 4) is 5.75 Å². The Morgan fingerprint density at radius 3 is 2.73 bits per heavy atom. The van der Waals surface area contributed by atoms with E-state index >= 15 is 0 Å². The van der Waals surface area contributed by atoms with Crippen molar-refractivity contribution in [2.75, 3.05) is 4.90 Å². The number of ether oxygens (including phenoxy) is 1. The smallest absolute Gasteiger partial charge is 0.268 e. The van der Waals surface area contributed by atoms with Crippen LogP contribution in [0.15, 0.2) is 42.5 Å². The molecule has 1 unspecified atom stereocenters. The molecule has 0 bridgehead atoms. The van der Waals surface area contributed by atoms with Crippen LogP contribution >= 0.6 is 0 Å². The van der Waals surface area contributed by atoms with Gasteiger partial charge in [-0.1, -0.05) is 24.3 Å². The van der Waals surface area contributed by atoms with Crippen LogP contribution in [0.4, 0.5) is 5.69 Å². The van der Waals surface area contributed by atoms with Gasteiger partial charge in [-0.25, -0.2) is 0 Å². The van der Waals surface area contributed by atoms with E-state index in [9.17, 15) is 9.59 Å². The molecule has 0 aromatic heterocycles. The minimum atomic E-state index is -0.529. The molecule has 1 atom stereocenters. The molecular formula is C18H17NO3.